The highest BCUT2D eigenvalue weighted by Crippen LogP contribution is 2.22. The van der Waals surface area contributed by atoms with Crippen LogP contribution in [0.15, 0.2) is 52.4 Å². The molecule has 1 fully saturated rings. The number of rotatable bonds is 5. The van der Waals surface area contributed by atoms with Crippen LogP contribution in [0.3, 0.4) is 0 Å². The van der Waals surface area contributed by atoms with Crippen LogP contribution < -0.4 is 4.80 Å². The minimum absolute atomic E-state index is 0.187. The molecular weight excluding hydrogens is 474 g/mol. The molecule has 2 aromatic carbocycles. The molecule has 0 unspecified atom stereocenters. The van der Waals surface area contributed by atoms with Gasteiger partial charge in [0.2, 0.25) is 10.0 Å². The zero-order valence-corrected chi connectivity index (χ0v) is 20.8. The van der Waals surface area contributed by atoms with Crippen LogP contribution in [0.4, 0.5) is 0 Å². The Morgan fingerprint density at radius 1 is 1.00 bits per heavy atom. The second kappa shape index (κ2) is 10.2. The first-order chi connectivity index (χ1) is 16.3. The normalized spacial score (nSPS) is 15.9. The summed E-state index contributed by atoms with van der Waals surface area (Å²) in [5.74, 6) is -0.885. The van der Waals surface area contributed by atoms with Crippen molar-refractivity contribution < 1.29 is 22.7 Å². The van der Waals surface area contributed by atoms with Crippen molar-refractivity contribution in [1.82, 2.24) is 8.87 Å². The lowest BCUT2D eigenvalue weighted by Crippen LogP contribution is -2.31. The Hall–Kier alpha value is -2.82. The quantitative estimate of drug-likeness (QED) is 0.495. The lowest BCUT2D eigenvalue weighted by Gasteiger charge is -2.19. The number of ether oxygens (including phenoxy) is 1. The van der Waals surface area contributed by atoms with E-state index >= 15 is 0 Å². The van der Waals surface area contributed by atoms with Gasteiger partial charge in [-0.1, -0.05) is 24.2 Å². The number of aromatic nitrogens is 1. The lowest BCUT2D eigenvalue weighted by atomic mass is 10.2. The molecule has 4 rings (SSSR count). The number of hydrogen-bond donors (Lipinski definition) is 0. The number of hydrogen-bond acceptors (Lipinski definition) is 6. The van der Waals surface area contributed by atoms with Gasteiger partial charge >= 0.3 is 5.97 Å². The number of nitrogens with zero attached hydrogens (tertiary/aromatic N) is 3. The molecule has 0 bridgehead atoms. The number of methoxy groups -OCH3 is 1. The fraction of sp³-hybridized carbons (Fsp3) is 0.375. The first-order valence-corrected chi connectivity index (χ1v) is 13.5. The Morgan fingerprint density at radius 3 is 2.26 bits per heavy atom. The van der Waals surface area contributed by atoms with Gasteiger partial charge in [0.05, 0.1) is 27.8 Å². The standard InChI is InChI=1S/C24H27N3O5S2/c1-3-27-20-13-10-18(23(29)32-2)16-21(20)33-24(27)25-22(28)17-8-11-19(12-9-17)34(30,31)26-14-6-4-5-7-15-26/h8-13,16H,3-7,14-15H2,1-2H3. The van der Waals surface area contributed by atoms with Crippen LogP contribution >= 0.6 is 11.3 Å². The smallest absolute Gasteiger partial charge is 0.337 e. The molecule has 1 saturated heterocycles. The summed E-state index contributed by atoms with van der Waals surface area (Å²) >= 11 is 1.31. The van der Waals surface area contributed by atoms with Crippen molar-refractivity contribution in [2.24, 2.45) is 4.99 Å². The maximum Gasteiger partial charge on any atom is 0.337 e. The van der Waals surface area contributed by atoms with Crippen molar-refractivity contribution in [3.8, 4) is 0 Å². The first-order valence-electron chi connectivity index (χ1n) is 11.3. The molecule has 0 atom stereocenters. The van der Waals surface area contributed by atoms with E-state index in [-0.39, 0.29) is 4.90 Å². The van der Waals surface area contributed by atoms with Crippen LogP contribution in [0.1, 0.15) is 53.3 Å². The highest BCUT2D eigenvalue weighted by Gasteiger charge is 2.25. The van der Waals surface area contributed by atoms with Crippen LogP contribution in [-0.2, 0) is 21.3 Å². The summed E-state index contributed by atoms with van der Waals surface area (Å²) in [4.78, 5) is 29.7. The van der Waals surface area contributed by atoms with Gasteiger partial charge in [-0.05, 0) is 62.2 Å². The first kappa shape index (κ1) is 24.3. The maximum absolute atomic E-state index is 13.0. The average Bonchev–Trinajstić information content (AvgIpc) is 3.00. The molecule has 180 valence electrons. The molecule has 0 saturated carbocycles. The Bertz CT molecular complexity index is 1380. The van der Waals surface area contributed by atoms with E-state index in [1.54, 1.807) is 12.1 Å². The average molecular weight is 502 g/mol. The molecule has 0 N–H and O–H groups in total. The number of fused-ring (bicyclic) bond motifs is 1. The van der Waals surface area contributed by atoms with Crippen LogP contribution in [0.5, 0.6) is 0 Å². The van der Waals surface area contributed by atoms with Gasteiger partial charge in [-0.15, -0.1) is 0 Å². The van der Waals surface area contributed by atoms with Gasteiger partial charge in [-0.25, -0.2) is 13.2 Å². The number of esters is 1. The maximum atomic E-state index is 13.0. The van der Waals surface area contributed by atoms with E-state index in [2.05, 4.69) is 4.99 Å². The molecule has 1 aliphatic rings. The zero-order valence-electron chi connectivity index (χ0n) is 19.2. The minimum Gasteiger partial charge on any atom is -0.465 e. The molecular formula is C24H27N3O5S2. The molecule has 1 aromatic heterocycles. The van der Waals surface area contributed by atoms with Crippen LogP contribution in [0, 0.1) is 0 Å². The Balaban J connectivity index is 1.63. The molecule has 3 aromatic rings. The van der Waals surface area contributed by atoms with E-state index in [1.165, 1.54) is 47.0 Å². The largest absolute Gasteiger partial charge is 0.465 e. The van der Waals surface area contributed by atoms with Crippen molar-refractivity contribution in [2.45, 2.75) is 44.0 Å². The number of sulfonamides is 1. The molecule has 34 heavy (non-hydrogen) atoms. The predicted molar refractivity (Wildman–Crippen MR) is 130 cm³/mol. The summed E-state index contributed by atoms with van der Waals surface area (Å²) in [7, 11) is -2.25. The third-order valence-corrected chi connectivity index (χ3v) is 8.88. The zero-order chi connectivity index (χ0) is 24.3. The molecule has 0 aliphatic carbocycles. The van der Waals surface area contributed by atoms with Gasteiger partial charge in [0.15, 0.2) is 4.80 Å². The minimum atomic E-state index is -3.58. The highest BCUT2D eigenvalue weighted by atomic mass is 32.2. The molecule has 8 nitrogen and oxygen atoms in total. The highest BCUT2D eigenvalue weighted by molar-refractivity contribution is 7.89. The molecule has 1 aliphatic heterocycles. The van der Waals surface area contributed by atoms with Crippen molar-refractivity contribution in [3.05, 3.63) is 58.4 Å². The summed E-state index contributed by atoms with van der Waals surface area (Å²) in [6, 6.07) is 11.2. The topological polar surface area (TPSA) is 98.0 Å². The molecule has 10 heteroatoms. The second-order valence-electron chi connectivity index (χ2n) is 8.06. The number of benzene rings is 2. The Labute approximate surface area is 202 Å². The van der Waals surface area contributed by atoms with Crippen LogP contribution in [0.2, 0.25) is 0 Å². The van der Waals surface area contributed by atoms with Gasteiger partial charge in [0, 0.05) is 25.2 Å². The van der Waals surface area contributed by atoms with Gasteiger partial charge in [-0.3, -0.25) is 4.79 Å². The summed E-state index contributed by atoms with van der Waals surface area (Å²) in [5.41, 5.74) is 1.61. The van der Waals surface area contributed by atoms with E-state index in [0.717, 1.165) is 35.9 Å². The molecule has 0 spiro atoms. The van der Waals surface area contributed by atoms with E-state index in [0.29, 0.717) is 35.6 Å². The number of thiazole rings is 1. The molecule has 2 heterocycles. The number of carbonyl (C=O) groups excluding carboxylic acids is 2. The van der Waals surface area contributed by atoms with Crippen LogP contribution in [0.25, 0.3) is 10.2 Å². The van der Waals surface area contributed by atoms with E-state index in [9.17, 15) is 18.0 Å². The number of aryl methyl sites for hydroxylation is 1. The predicted octanol–water partition coefficient (Wildman–Crippen LogP) is 3.82. The fourth-order valence-corrected chi connectivity index (χ4v) is 6.71. The Kier molecular flexibility index (Phi) is 7.30. The monoisotopic (exact) mass is 501 g/mol. The second-order valence-corrected chi connectivity index (χ2v) is 11.0. The number of amides is 1. The SMILES string of the molecule is CCn1c(=NC(=O)c2ccc(S(=O)(=O)N3CCCCCC3)cc2)sc2cc(C(=O)OC)ccc21. The van der Waals surface area contributed by atoms with Gasteiger partial charge < -0.3 is 9.30 Å². The van der Waals surface area contributed by atoms with Crippen molar-refractivity contribution >= 4 is 43.5 Å². The molecule has 1 amide bonds. The van der Waals surface area contributed by atoms with Crippen LogP contribution in [-0.4, -0.2) is 49.4 Å². The summed E-state index contributed by atoms with van der Waals surface area (Å²) in [6.45, 7) is 3.60. The third-order valence-electron chi connectivity index (χ3n) is 5.92. The van der Waals surface area contributed by atoms with Crippen molar-refractivity contribution in [2.75, 3.05) is 20.2 Å². The number of carbonyl (C=O) groups is 2. The fourth-order valence-electron chi connectivity index (χ4n) is 4.06. The summed E-state index contributed by atoms with van der Waals surface area (Å²) < 4.78 is 35.0. The van der Waals surface area contributed by atoms with E-state index < -0.39 is 21.9 Å². The lowest BCUT2D eigenvalue weighted by molar-refractivity contribution is 0.0600. The third kappa shape index (κ3) is 4.84. The molecule has 0 radical (unpaired) electrons. The van der Waals surface area contributed by atoms with Crippen molar-refractivity contribution in [3.63, 3.8) is 0 Å². The van der Waals surface area contributed by atoms with E-state index in [1.807, 2.05) is 17.6 Å². The van der Waals surface area contributed by atoms with Gasteiger partial charge in [0.1, 0.15) is 0 Å². The Morgan fingerprint density at radius 2 is 1.65 bits per heavy atom. The van der Waals surface area contributed by atoms with E-state index in [4.69, 9.17) is 4.74 Å². The van der Waals surface area contributed by atoms with Crippen molar-refractivity contribution in [1.29, 1.82) is 0 Å². The summed E-state index contributed by atoms with van der Waals surface area (Å²) in [6.07, 6.45) is 3.81. The summed E-state index contributed by atoms with van der Waals surface area (Å²) in [5, 5.41) is 0. The van der Waals surface area contributed by atoms with Gasteiger partial charge in [-0.2, -0.15) is 9.30 Å². The van der Waals surface area contributed by atoms with Gasteiger partial charge in [0.25, 0.3) is 5.91 Å².